The third kappa shape index (κ3) is 3.08. The summed E-state index contributed by atoms with van der Waals surface area (Å²) < 4.78 is 1.99. The predicted octanol–water partition coefficient (Wildman–Crippen LogP) is 2.69. The molecule has 1 N–H and O–H groups in total. The average molecular weight is 390 g/mol. The van der Waals surface area contributed by atoms with Crippen LogP contribution in [0.5, 0.6) is 0 Å². The van der Waals surface area contributed by atoms with E-state index in [0.717, 1.165) is 29.6 Å². The summed E-state index contributed by atoms with van der Waals surface area (Å²) in [6, 6.07) is 15.5. The first-order chi connectivity index (χ1) is 14.0. The number of carbonyl (C=O) groups is 1. The molecule has 6 nitrogen and oxygen atoms in total. The highest BCUT2D eigenvalue weighted by molar-refractivity contribution is 5.98. The number of nitrogens with zero attached hydrogens (tertiary/aromatic N) is 3. The molecule has 5 rings (SSSR count). The van der Waals surface area contributed by atoms with E-state index in [1.165, 1.54) is 0 Å². The number of H-pyrrole nitrogens is 1. The Morgan fingerprint density at radius 3 is 2.76 bits per heavy atom. The second-order valence-electron chi connectivity index (χ2n) is 8.66. The number of fused-ring (bicyclic) bond motifs is 5. The summed E-state index contributed by atoms with van der Waals surface area (Å²) in [7, 11) is 4.08. The Bertz CT molecular complexity index is 1100. The minimum atomic E-state index is 0.0474. The smallest absolute Gasteiger partial charge is 0.270 e. The first-order valence-corrected chi connectivity index (χ1v) is 10.2. The number of amides is 1. The Balaban J connectivity index is 1.50. The highest BCUT2D eigenvalue weighted by atomic mass is 16.2. The van der Waals surface area contributed by atoms with Crippen molar-refractivity contribution in [2.24, 2.45) is 5.92 Å². The highest BCUT2D eigenvalue weighted by Gasteiger charge is 2.42. The number of carbonyl (C=O) groups excluding carboxylic acids is 1. The fourth-order valence-corrected chi connectivity index (χ4v) is 5.18. The second kappa shape index (κ2) is 6.88. The molecule has 2 aliphatic heterocycles. The van der Waals surface area contributed by atoms with Crippen molar-refractivity contribution in [3.63, 3.8) is 0 Å². The topological polar surface area (TPSA) is 61.3 Å². The Hall–Kier alpha value is -2.86. The number of hydrogen-bond donors (Lipinski definition) is 1. The number of para-hydroxylation sites is 1. The lowest BCUT2D eigenvalue weighted by atomic mass is 9.78. The van der Waals surface area contributed by atoms with Crippen molar-refractivity contribution >= 4 is 16.8 Å². The zero-order chi connectivity index (χ0) is 20.1. The van der Waals surface area contributed by atoms with E-state index in [1.807, 2.05) is 60.0 Å². The molecule has 29 heavy (non-hydrogen) atoms. The molecular weight excluding hydrogens is 364 g/mol. The number of likely N-dealkylation sites (N-methyl/N-ethyl adjacent to an activating group) is 1. The van der Waals surface area contributed by atoms with Gasteiger partial charge in [-0.15, -0.1) is 0 Å². The highest BCUT2D eigenvalue weighted by Crippen LogP contribution is 2.41. The number of aromatic amines is 1. The van der Waals surface area contributed by atoms with Gasteiger partial charge >= 0.3 is 0 Å². The number of benzene rings is 1. The molecule has 150 valence electrons. The quantitative estimate of drug-likeness (QED) is 0.748. The summed E-state index contributed by atoms with van der Waals surface area (Å²) in [5.41, 5.74) is 2.76. The van der Waals surface area contributed by atoms with E-state index in [4.69, 9.17) is 0 Å². The molecule has 1 amide bonds. The first-order valence-electron chi connectivity index (χ1n) is 10.2. The van der Waals surface area contributed by atoms with Crippen molar-refractivity contribution in [3.05, 3.63) is 70.3 Å². The zero-order valence-corrected chi connectivity index (χ0v) is 16.8. The largest absolute Gasteiger partial charge is 0.351 e. The van der Waals surface area contributed by atoms with Gasteiger partial charge in [0.25, 0.3) is 11.5 Å². The first kappa shape index (κ1) is 18.2. The average Bonchev–Trinajstić information content (AvgIpc) is 3.14. The monoisotopic (exact) mass is 390 g/mol. The molecular formula is C23H26N4O2. The van der Waals surface area contributed by atoms with Crippen molar-refractivity contribution in [1.82, 2.24) is 19.4 Å². The van der Waals surface area contributed by atoms with Crippen LogP contribution in [0.15, 0.2) is 53.3 Å². The second-order valence-corrected chi connectivity index (χ2v) is 8.66. The molecule has 1 fully saturated rings. The molecule has 0 saturated carbocycles. The lowest BCUT2D eigenvalue weighted by molar-refractivity contribution is 0.0494. The minimum Gasteiger partial charge on any atom is -0.351 e. The molecule has 2 aromatic heterocycles. The maximum Gasteiger partial charge on any atom is 0.270 e. The lowest BCUT2D eigenvalue weighted by Gasteiger charge is -2.47. The zero-order valence-electron chi connectivity index (χ0n) is 16.8. The van der Waals surface area contributed by atoms with Crippen LogP contribution in [-0.2, 0) is 0 Å². The van der Waals surface area contributed by atoms with E-state index in [0.29, 0.717) is 18.8 Å². The Labute approximate surface area is 169 Å². The number of aromatic nitrogens is 2. The van der Waals surface area contributed by atoms with Gasteiger partial charge in [0.15, 0.2) is 0 Å². The van der Waals surface area contributed by atoms with Crippen LogP contribution < -0.4 is 5.56 Å². The number of hydrogen-bond acceptors (Lipinski definition) is 3. The van der Waals surface area contributed by atoms with E-state index in [-0.39, 0.29) is 29.3 Å². The van der Waals surface area contributed by atoms with Gasteiger partial charge in [0.2, 0.25) is 0 Å². The number of nitrogens with one attached hydrogen (secondary N) is 1. The Morgan fingerprint density at radius 1 is 1.14 bits per heavy atom. The van der Waals surface area contributed by atoms with Crippen LogP contribution in [0, 0.1) is 5.92 Å². The molecule has 3 aromatic rings. The van der Waals surface area contributed by atoms with Crippen molar-refractivity contribution in [2.75, 3.05) is 33.7 Å². The summed E-state index contributed by atoms with van der Waals surface area (Å²) in [5, 5.41) is 1.05. The Kier molecular flexibility index (Phi) is 4.32. The van der Waals surface area contributed by atoms with E-state index in [2.05, 4.69) is 16.0 Å². The maximum atomic E-state index is 13.3. The van der Waals surface area contributed by atoms with Crippen molar-refractivity contribution < 1.29 is 4.79 Å². The lowest BCUT2D eigenvalue weighted by Crippen LogP contribution is -2.52. The SMILES string of the molecule is CN(C)C[C@H]1[C@H]2C[C@H](CN(C(=O)c3cc4ccccc4[nH]3)C2)c2cccc(=O)n21. The number of piperidine rings is 1. The van der Waals surface area contributed by atoms with Gasteiger partial charge in [-0.2, -0.15) is 0 Å². The van der Waals surface area contributed by atoms with Gasteiger partial charge in [-0.3, -0.25) is 9.59 Å². The van der Waals surface area contributed by atoms with Crippen molar-refractivity contribution in [3.8, 4) is 0 Å². The fraction of sp³-hybridized carbons (Fsp3) is 0.391. The Morgan fingerprint density at radius 2 is 1.97 bits per heavy atom. The molecule has 4 heterocycles. The van der Waals surface area contributed by atoms with Crippen molar-refractivity contribution in [2.45, 2.75) is 18.4 Å². The van der Waals surface area contributed by atoms with Crippen LogP contribution in [0.2, 0.25) is 0 Å². The molecule has 0 aliphatic carbocycles. The van der Waals surface area contributed by atoms with Gasteiger partial charge in [-0.25, -0.2) is 0 Å². The van der Waals surface area contributed by atoms with E-state index in [1.54, 1.807) is 6.07 Å². The van der Waals surface area contributed by atoms with Gasteiger partial charge in [-0.1, -0.05) is 24.3 Å². The van der Waals surface area contributed by atoms with Crippen LogP contribution >= 0.6 is 0 Å². The predicted molar refractivity (Wildman–Crippen MR) is 113 cm³/mol. The van der Waals surface area contributed by atoms with Crippen LogP contribution in [0.1, 0.15) is 34.6 Å². The molecule has 2 bridgehead atoms. The van der Waals surface area contributed by atoms with E-state index in [9.17, 15) is 9.59 Å². The van der Waals surface area contributed by atoms with Crippen molar-refractivity contribution in [1.29, 1.82) is 0 Å². The van der Waals surface area contributed by atoms with Crippen LogP contribution in [0.4, 0.5) is 0 Å². The molecule has 1 saturated heterocycles. The third-order valence-corrected chi connectivity index (χ3v) is 6.40. The maximum absolute atomic E-state index is 13.3. The normalized spacial score (nSPS) is 23.4. The molecule has 6 heteroatoms. The molecule has 0 radical (unpaired) electrons. The van der Waals surface area contributed by atoms with E-state index >= 15 is 0 Å². The van der Waals surface area contributed by atoms with Gasteiger partial charge in [0, 0.05) is 48.2 Å². The molecule has 0 spiro atoms. The molecule has 0 unspecified atom stereocenters. The van der Waals surface area contributed by atoms with Gasteiger partial charge in [-0.05, 0) is 44.6 Å². The molecule has 1 aromatic carbocycles. The van der Waals surface area contributed by atoms with Gasteiger partial charge in [0.05, 0.1) is 6.04 Å². The van der Waals surface area contributed by atoms with E-state index < -0.39 is 0 Å². The summed E-state index contributed by atoms with van der Waals surface area (Å²) in [4.78, 5) is 33.4. The van der Waals surface area contributed by atoms with Gasteiger partial charge < -0.3 is 19.4 Å². The summed E-state index contributed by atoms with van der Waals surface area (Å²) >= 11 is 0. The number of likely N-dealkylation sites (tertiary alicyclic amines) is 1. The summed E-state index contributed by atoms with van der Waals surface area (Å²) in [6.45, 7) is 2.13. The third-order valence-electron chi connectivity index (χ3n) is 6.40. The number of pyridine rings is 1. The van der Waals surface area contributed by atoms with Crippen LogP contribution in [0.25, 0.3) is 10.9 Å². The number of rotatable bonds is 3. The summed E-state index contributed by atoms with van der Waals surface area (Å²) in [5.74, 6) is 0.526. The molecule has 3 atom stereocenters. The van der Waals surface area contributed by atoms with Crippen LogP contribution in [-0.4, -0.2) is 59.0 Å². The van der Waals surface area contributed by atoms with Gasteiger partial charge in [0.1, 0.15) is 5.69 Å². The van der Waals surface area contributed by atoms with Crippen LogP contribution in [0.3, 0.4) is 0 Å². The standard InChI is InChI=1S/C23H26N4O2/c1-25(2)14-21-17-10-16(20-8-5-9-22(28)27(20)21)12-26(13-17)23(29)19-11-15-6-3-4-7-18(15)24-19/h3-9,11,16-17,21,24H,10,12-14H2,1-2H3/t16-,17+,21+/m1/s1. The summed E-state index contributed by atoms with van der Waals surface area (Å²) in [6.07, 6.45) is 1.03. The molecule has 2 aliphatic rings. The minimum absolute atomic E-state index is 0.0474. The fourth-order valence-electron chi connectivity index (χ4n) is 5.18.